The lowest BCUT2D eigenvalue weighted by atomic mass is 9.87. The Hall–Kier alpha value is -2.40. The third kappa shape index (κ3) is 17.7. The van der Waals surface area contributed by atoms with Gasteiger partial charge in [-0.15, -0.1) is 13.2 Å². The summed E-state index contributed by atoms with van der Waals surface area (Å²) in [5.41, 5.74) is 9.04. The van der Waals surface area contributed by atoms with E-state index >= 15 is 0 Å². The molecule has 0 saturated carbocycles. The smallest absolute Gasteiger partial charge is 0.119 e. The number of likely N-dealkylation sites (N-methyl/N-ethyl adjacent to an activating group) is 1. The van der Waals surface area contributed by atoms with Crippen molar-refractivity contribution in [2.75, 3.05) is 27.2 Å². The molecular weight excluding hydrogens is 432 g/mol. The standard InChI is InChI=1S/C21H28N2O.C4H8.C3H6.C2H6.CH4O/c1-23-14-6-5-13-21(22,17-23)15-18-9-11-20(12-10-18)24-16-19-7-3-2-4-8-19;1-3-4-2;1-3-2;2*1-2/h2-4,7-12H,5-6,13-17,22H2,1H3;3H,1,4H2,2H3;3H,1H2,2H3;1-2H3;2H,1H3. The van der Waals surface area contributed by atoms with Gasteiger partial charge in [-0.05, 0) is 69.5 Å². The molecule has 35 heavy (non-hydrogen) atoms. The molecule has 3 N–H and O–H groups in total. The SMILES string of the molecule is C=CC.C=CCC.CC.CN1CCCCC(N)(Cc2ccc(OCc3ccccc3)cc2)C1.CO. The quantitative estimate of drug-likeness (QED) is 0.432. The lowest BCUT2D eigenvalue weighted by Gasteiger charge is -2.31. The molecule has 1 aliphatic heterocycles. The van der Waals surface area contributed by atoms with Crippen LogP contribution in [0.4, 0.5) is 0 Å². The monoisotopic (exact) mass is 484 g/mol. The number of benzene rings is 2. The molecule has 3 rings (SSSR count). The fourth-order valence-corrected chi connectivity index (χ4v) is 3.55. The first-order valence-corrected chi connectivity index (χ1v) is 12.8. The number of aliphatic hydroxyl groups is 1. The lowest BCUT2D eigenvalue weighted by Crippen LogP contribution is -2.49. The van der Waals surface area contributed by atoms with E-state index in [9.17, 15) is 0 Å². The Morgan fingerprint density at radius 3 is 2.06 bits per heavy atom. The van der Waals surface area contributed by atoms with Crippen molar-refractivity contribution in [1.82, 2.24) is 4.90 Å². The molecule has 1 unspecified atom stereocenters. The van der Waals surface area contributed by atoms with Gasteiger partial charge < -0.3 is 20.5 Å². The molecule has 1 heterocycles. The Balaban J connectivity index is 0. The van der Waals surface area contributed by atoms with Crippen molar-refractivity contribution in [1.29, 1.82) is 0 Å². The normalized spacial score (nSPS) is 16.6. The summed E-state index contributed by atoms with van der Waals surface area (Å²) in [4.78, 5) is 2.37. The number of likely N-dealkylation sites (tertiary alicyclic amines) is 1. The van der Waals surface area contributed by atoms with E-state index in [1.54, 1.807) is 6.08 Å². The molecule has 1 saturated heterocycles. The van der Waals surface area contributed by atoms with Crippen LogP contribution in [0.2, 0.25) is 0 Å². The van der Waals surface area contributed by atoms with Crippen molar-refractivity contribution in [3.63, 3.8) is 0 Å². The molecule has 0 aliphatic carbocycles. The van der Waals surface area contributed by atoms with Crippen molar-refractivity contribution < 1.29 is 9.84 Å². The van der Waals surface area contributed by atoms with Crippen LogP contribution in [-0.2, 0) is 13.0 Å². The summed E-state index contributed by atoms with van der Waals surface area (Å²) < 4.78 is 5.86. The third-order valence-corrected chi connectivity index (χ3v) is 5.07. The minimum atomic E-state index is -0.113. The average Bonchev–Trinajstić information content (AvgIpc) is 3.07. The molecule has 1 fully saturated rings. The number of allylic oxidation sites excluding steroid dienone is 2. The van der Waals surface area contributed by atoms with Gasteiger partial charge in [0.25, 0.3) is 0 Å². The predicted molar refractivity (Wildman–Crippen MR) is 155 cm³/mol. The summed E-state index contributed by atoms with van der Waals surface area (Å²) in [7, 11) is 3.17. The van der Waals surface area contributed by atoms with Gasteiger partial charge in [-0.2, -0.15) is 0 Å². The average molecular weight is 485 g/mol. The van der Waals surface area contributed by atoms with Gasteiger partial charge in [-0.3, -0.25) is 0 Å². The molecule has 4 heteroatoms. The molecule has 2 aromatic carbocycles. The number of nitrogens with zero attached hydrogens (tertiary/aromatic N) is 1. The minimum absolute atomic E-state index is 0.113. The molecule has 2 aromatic rings. The Morgan fingerprint density at radius 2 is 1.54 bits per heavy atom. The molecule has 4 nitrogen and oxygen atoms in total. The van der Waals surface area contributed by atoms with Crippen molar-refractivity contribution in [2.24, 2.45) is 5.73 Å². The second-order valence-corrected chi connectivity index (χ2v) is 8.26. The highest BCUT2D eigenvalue weighted by atomic mass is 16.5. The molecule has 0 spiro atoms. The zero-order chi connectivity index (χ0) is 27.0. The zero-order valence-corrected chi connectivity index (χ0v) is 23.3. The van der Waals surface area contributed by atoms with Gasteiger partial charge in [-0.25, -0.2) is 0 Å². The first-order chi connectivity index (χ1) is 17.0. The maximum Gasteiger partial charge on any atom is 0.119 e. The highest BCUT2D eigenvalue weighted by Gasteiger charge is 2.28. The van der Waals surface area contributed by atoms with E-state index in [1.165, 1.54) is 24.0 Å². The van der Waals surface area contributed by atoms with Gasteiger partial charge in [0.15, 0.2) is 0 Å². The van der Waals surface area contributed by atoms with Crippen LogP contribution in [0.5, 0.6) is 5.75 Å². The van der Waals surface area contributed by atoms with E-state index < -0.39 is 0 Å². The summed E-state index contributed by atoms with van der Waals surface area (Å²) in [6.07, 6.45) is 9.21. The maximum atomic E-state index is 7.00. The van der Waals surface area contributed by atoms with Crippen LogP contribution in [0.25, 0.3) is 0 Å². The Kier molecular flexibility index (Phi) is 23.2. The van der Waals surface area contributed by atoms with Crippen molar-refractivity contribution >= 4 is 0 Å². The van der Waals surface area contributed by atoms with Gasteiger partial charge in [0.05, 0.1) is 0 Å². The number of nitrogens with two attached hydrogens (primary N) is 1. The van der Waals surface area contributed by atoms with Crippen LogP contribution < -0.4 is 10.5 Å². The van der Waals surface area contributed by atoms with E-state index in [0.29, 0.717) is 6.61 Å². The van der Waals surface area contributed by atoms with Gasteiger partial charge >= 0.3 is 0 Å². The molecule has 1 atom stereocenters. The van der Waals surface area contributed by atoms with Gasteiger partial charge in [-0.1, -0.05) is 81.8 Å². The zero-order valence-electron chi connectivity index (χ0n) is 23.3. The van der Waals surface area contributed by atoms with Crippen LogP contribution in [0.1, 0.15) is 64.5 Å². The highest BCUT2D eigenvalue weighted by Crippen LogP contribution is 2.23. The largest absolute Gasteiger partial charge is 0.489 e. The summed E-state index contributed by atoms with van der Waals surface area (Å²) in [6.45, 7) is 17.5. The van der Waals surface area contributed by atoms with E-state index in [-0.39, 0.29) is 5.54 Å². The second kappa shape index (κ2) is 23.3. The second-order valence-electron chi connectivity index (χ2n) is 8.26. The Labute approximate surface area is 216 Å². The fourth-order valence-electron chi connectivity index (χ4n) is 3.55. The van der Waals surface area contributed by atoms with Crippen LogP contribution in [0.3, 0.4) is 0 Å². The lowest BCUT2D eigenvalue weighted by molar-refractivity contribution is 0.264. The van der Waals surface area contributed by atoms with Gasteiger partial charge in [0.1, 0.15) is 12.4 Å². The third-order valence-electron chi connectivity index (χ3n) is 5.07. The Morgan fingerprint density at radius 1 is 1.00 bits per heavy atom. The number of hydrogen-bond donors (Lipinski definition) is 2. The number of hydrogen-bond acceptors (Lipinski definition) is 4. The topological polar surface area (TPSA) is 58.7 Å². The highest BCUT2D eigenvalue weighted by molar-refractivity contribution is 5.29. The van der Waals surface area contributed by atoms with E-state index in [1.807, 2.05) is 45.0 Å². The molecule has 198 valence electrons. The van der Waals surface area contributed by atoms with Crippen LogP contribution in [-0.4, -0.2) is 42.8 Å². The van der Waals surface area contributed by atoms with Crippen LogP contribution in [0, 0.1) is 0 Å². The van der Waals surface area contributed by atoms with Crippen LogP contribution >= 0.6 is 0 Å². The number of aliphatic hydroxyl groups excluding tert-OH is 1. The van der Waals surface area contributed by atoms with Crippen molar-refractivity contribution in [2.45, 2.75) is 71.9 Å². The fraction of sp³-hybridized carbons (Fsp3) is 0.484. The molecule has 0 bridgehead atoms. The van der Waals surface area contributed by atoms with E-state index in [4.69, 9.17) is 15.6 Å². The van der Waals surface area contributed by atoms with Gasteiger partial charge in [0, 0.05) is 19.2 Å². The Bertz CT molecular complexity index is 731. The van der Waals surface area contributed by atoms with Crippen molar-refractivity contribution in [3.05, 3.63) is 91.0 Å². The maximum absolute atomic E-state index is 7.00. The van der Waals surface area contributed by atoms with Crippen LogP contribution in [0.15, 0.2) is 79.9 Å². The number of ether oxygens (including phenoxy) is 1. The summed E-state index contributed by atoms with van der Waals surface area (Å²) in [5.74, 6) is 0.909. The first-order valence-electron chi connectivity index (χ1n) is 12.8. The van der Waals surface area contributed by atoms with E-state index in [0.717, 1.165) is 45.2 Å². The molecule has 0 aromatic heterocycles. The number of rotatable bonds is 6. The van der Waals surface area contributed by atoms with Gasteiger partial charge in [0.2, 0.25) is 0 Å². The molecule has 0 amide bonds. The van der Waals surface area contributed by atoms with Crippen molar-refractivity contribution in [3.8, 4) is 5.75 Å². The molecule has 0 radical (unpaired) electrons. The summed E-state index contributed by atoms with van der Waals surface area (Å²) >= 11 is 0. The molecule has 1 aliphatic rings. The summed E-state index contributed by atoms with van der Waals surface area (Å²) in [5, 5.41) is 7.00. The first kappa shape index (κ1) is 34.8. The minimum Gasteiger partial charge on any atom is -0.489 e. The summed E-state index contributed by atoms with van der Waals surface area (Å²) in [6, 6.07) is 18.7. The molecular formula is C31H52N2O2. The predicted octanol–water partition coefficient (Wildman–Crippen LogP) is 7.03. The van der Waals surface area contributed by atoms with E-state index in [2.05, 4.69) is 68.4 Å².